The van der Waals surface area contributed by atoms with Gasteiger partial charge in [-0.05, 0) is 72.1 Å². The van der Waals surface area contributed by atoms with Crippen LogP contribution < -0.4 is 24.2 Å². The molecule has 8 heteroatoms. The van der Waals surface area contributed by atoms with Crippen LogP contribution in [0.4, 0.5) is 0 Å². The number of hydrogen-bond donors (Lipinski definition) is 2. The van der Waals surface area contributed by atoms with Crippen LogP contribution in [0.5, 0.6) is 0 Å². The predicted molar refractivity (Wildman–Crippen MR) is 152 cm³/mol. The third kappa shape index (κ3) is 9.22. The van der Waals surface area contributed by atoms with Crippen LogP contribution in [-0.2, 0) is 16.1 Å². The zero-order valence-corrected chi connectivity index (χ0v) is 24.1. The van der Waals surface area contributed by atoms with Crippen molar-refractivity contribution in [2.45, 2.75) is 71.4 Å². The minimum Gasteiger partial charge on any atom is -1.00 e. The molecular formula is C30H41LiN2O4S. The van der Waals surface area contributed by atoms with Gasteiger partial charge in [-0.2, -0.15) is 11.8 Å². The van der Waals surface area contributed by atoms with Crippen LogP contribution in [0.1, 0.15) is 74.8 Å². The van der Waals surface area contributed by atoms with Crippen LogP contribution in [0.25, 0.3) is 11.1 Å². The predicted octanol–water partition coefficient (Wildman–Crippen LogP) is 3.03. The Balaban J connectivity index is 0.00000380. The first-order chi connectivity index (χ1) is 17.8. The molecule has 0 saturated heterocycles. The van der Waals surface area contributed by atoms with Gasteiger partial charge in [-0.1, -0.05) is 62.4 Å². The summed E-state index contributed by atoms with van der Waals surface area (Å²) in [7, 11) is 0. The van der Waals surface area contributed by atoms with Gasteiger partial charge in [-0.15, -0.1) is 0 Å². The van der Waals surface area contributed by atoms with Crippen LogP contribution in [0.2, 0.25) is 0 Å². The summed E-state index contributed by atoms with van der Waals surface area (Å²) in [6.07, 6.45) is 9.69. The number of thioether (sulfide) groups is 1. The van der Waals surface area contributed by atoms with Crippen molar-refractivity contribution in [2.24, 2.45) is 5.92 Å². The molecule has 0 aromatic heterocycles. The number of benzene rings is 2. The first-order valence-corrected chi connectivity index (χ1v) is 14.7. The van der Waals surface area contributed by atoms with E-state index in [0.29, 0.717) is 30.2 Å². The van der Waals surface area contributed by atoms with E-state index in [1.54, 1.807) is 24.8 Å². The molecule has 2 N–H and O–H groups in total. The van der Waals surface area contributed by atoms with Crippen LogP contribution in [-0.4, -0.2) is 52.4 Å². The molecule has 2 amide bonds. The van der Waals surface area contributed by atoms with Gasteiger partial charge in [0.25, 0.3) is 5.91 Å². The first-order valence-electron chi connectivity index (χ1n) is 13.3. The molecule has 202 valence electrons. The molecule has 2 aromatic rings. The zero-order valence-electron chi connectivity index (χ0n) is 24.3. The minimum atomic E-state index is -1.04. The van der Waals surface area contributed by atoms with E-state index >= 15 is 0 Å². The third-order valence-corrected chi connectivity index (χ3v) is 7.97. The van der Waals surface area contributed by atoms with Gasteiger partial charge >= 0.3 is 24.8 Å². The summed E-state index contributed by atoms with van der Waals surface area (Å²) in [5.74, 6) is -0.0565. The van der Waals surface area contributed by atoms with Crippen molar-refractivity contribution in [1.82, 2.24) is 10.2 Å². The van der Waals surface area contributed by atoms with Gasteiger partial charge in [-0.3, -0.25) is 9.59 Å². The van der Waals surface area contributed by atoms with Gasteiger partial charge < -0.3 is 16.7 Å². The monoisotopic (exact) mass is 532 g/mol. The molecule has 6 nitrogen and oxygen atoms in total. The molecule has 2 aromatic carbocycles. The summed E-state index contributed by atoms with van der Waals surface area (Å²) >= 11 is 1.55. The van der Waals surface area contributed by atoms with E-state index in [1.165, 1.54) is 32.1 Å². The van der Waals surface area contributed by atoms with Crippen LogP contribution in [0, 0.1) is 12.8 Å². The van der Waals surface area contributed by atoms with Crippen LogP contribution >= 0.6 is 11.8 Å². The van der Waals surface area contributed by atoms with Crippen molar-refractivity contribution in [1.29, 1.82) is 0 Å². The molecule has 0 heterocycles. The van der Waals surface area contributed by atoms with E-state index in [-0.39, 0.29) is 26.2 Å². The molecule has 3 rings (SSSR count). The molecule has 1 aliphatic carbocycles. The van der Waals surface area contributed by atoms with E-state index < -0.39 is 17.9 Å². The number of rotatable bonds is 12. The van der Waals surface area contributed by atoms with Crippen molar-refractivity contribution in [3.8, 4) is 11.1 Å². The summed E-state index contributed by atoms with van der Waals surface area (Å²) in [6.45, 7) is 4.83. The molecule has 1 fully saturated rings. The number of aryl methyl sites for hydroxylation is 1. The molecule has 0 spiro atoms. The SMILES string of the molecule is CSCCC(NC(=O)c1ccc(CN(CCC2CCCCC2)C(C)=O)cc1-c1ccccc1C)C(=O)O.[H-].[Li+]. The number of nitrogens with zero attached hydrogens (tertiary/aromatic N) is 1. The van der Waals surface area contributed by atoms with Crippen LogP contribution in [0.15, 0.2) is 42.5 Å². The quantitative estimate of drug-likeness (QED) is 0.411. The summed E-state index contributed by atoms with van der Waals surface area (Å²) in [6, 6.07) is 12.5. The van der Waals surface area contributed by atoms with E-state index in [2.05, 4.69) is 5.32 Å². The van der Waals surface area contributed by atoms with Gasteiger partial charge in [0.2, 0.25) is 5.91 Å². The number of nitrogens with one attached hydrogen (secondary N) is 1. The average molecular weight is 533 g/mol. The fourth-order valence-electron chi connectivity index (χ4n) is 5.10. The fraction of sp³-hybridized carbons (Fsp3) is 0.500. The standard InChI is InChI=1S/C30H40N2O4S.Li.H/c1-21-9-7-8-12-25(21)27-19-24(20-32(22(2)33)17-15-23-10-5-4-6-11-23)13-14-26(27)29(34)31-28(30(35)36)16-18-37-3;;/h7-9,12-14,19,23,28H,4-6,10-11,15-18,20H2,1-3H3,(H,31,34)(H,35,36);;/q;+1;-1. The average Bonchev–Trinajstić information content (AvgIpc) is 2.89. The Hall–Kier alpha value is -2.20. The molecule has 1 atom stereocenters. The number of carbonyl (C=O) groups excluding carboxylic acids is 2. The Labute approximate surface area is 245 Å². The van der Waals surface area contributed by atoms with Gasteiger partial charge in [0.1, 0.15) is 6.04 Å². The smallest absolute Gasteiger partial charge is 1.00 e. The second-order valence-electron chi connectivity index (χ2n) is 10.1. The molecular weight excluding hydrogens is 491 g/mol. The summed E-state index contributed by atoms with van der Waals surface area (Å²) in [4.78, 5) is 39.4. The number of amides is 2. The van der Waals surface area contributed by atoms with Gasteiger partial charge in [0.05, 0.1) is 0 Å². The Kier molecular flexibility index (Phi) is 13.5. The zero-order chi connectivity index (χ0) is 26.8. The Morgan fingerprint density at radius 3 is 2.45 bits per heavy atom. The molecule has 38 heavy (non-hydrogen) atoms. The van der Waals surface area contributed by atoms with Crippen molar-refractivity contribution in [3.63, 3.8) is 0 Å². The normalized spacial score (nSPS) is 14.3. The summed E-state index contributed by atoms with van der Waals surface area (Å²) < 4.78 is 0. The largest absolute Gasteiger partial charge is 1.00 e. The van der Waals surface area contributed by atoms with Gasteiger partial charge in [0.15, 0.2) is 0 Å². The van der Waals surface area contributed by atoms with E-state index in [4.69, 9.17) is 0 Å². The number of carboxylic acids is 1. The third-order valence-electron chi connectivity index (χ3n) is 7.33. The molecule has 1 unspecified atom stereocenters. The van der Waals surface area contributed by atoms with E-state index in [1.807, 2.05) is 54.5 Å². The number of aliphatic carboxylic acids is 1. The molecule has 0 radical (unpaired) electrons. The molecule has 0 aliphatic heterocycles. The second-order valence-corrected chi connectivity index (χ2v) is 11.1. The Bertz CT molecular complexity index is 1090. The van der Waals surface area contributed by atoms with Crippen LogP contribution in [0.3, 0.4) is 0 Å². The van der Waals surface area contributed by atoms with Crippen molar-refractivity contribution >= 4 is 29.5 Å². The Morgan fingerprint density at radius 2 is 1.82 bits per heavy atom. The number of carbonyl (C=O) groups is 3. The number of carboxylic acid groups (broad SMARTS) is 1. The van der Waals surface area contributed by atoms with Gasteiger partial charge in [0, 0.05) is 25.6 Å². The first kappa shape index (κ1) is 32.0. The maximum absolute atomic E-state index is 13.3. The topological polar surface area (TPSA) is 86.7 Å². The number of hydrogen-bond acceptors (Lipinski definition) is 4. The van der Waals surface area contributed by atoms with E-state index in [0.717, 1.165) is 35.2 Å². The van der Waals surface area contributed by atoms with Crippen molar-refractivity contribution in [3.05, 3.63) is 59.2 Å². The molecule has 0 bridgehead atoms. The summed E-state index contributed by atoms with van der Waals surface area (Å²) in [5.41, 5.74) is 4.07. The van der Waals surface area contributed by atoms with E-state index in [9.17, 15) is 19.5 Å². The Morgan fingerprint density at radius 1 is 1.11 bits per heavy atom. The maximum Gasteiger partial charge on any atom is 1.00 e. The van der Waals surface area contributed by atoms with Crippen molar-refractivity contribution < 1.29 is 39.8 Å². The van der Waals surface area contributed by atoms with Crippen molar-refractivity contribution in [2.75, 3.05) is 18.6 Å². The maximum atomic E-state index is 13.3. The summed E-state index contributed by atoms with van der Waals surface area (Å²) in [5, 5.41) is 12.3. The molecule has 1 saturated carbocycles. The fourth-order valence-corrected chi connectivity index (χ4v) is 5.57. The van der Waals surface area contributed by atoms with Gasteiger partial charge in [-0.25, -0.2) is 4.79 Å². The minimum absolute atomic E-state index is 0. The second kappa shape index (κ2) is 16.0. The molecule has 1 aliphatic rings.